The van der Waals surface area contributed by atoms with Gasteiger partial charge in [0.2, 0.25) is 12.7 Å². The Labute approximate surface area is 242 Å². The van der Waals surface area contributed by atoms with Crippen LogP contribution in [0.5, 0.6) is 11.5 Å². The Morgan fingerprint density at radius 2 is 1.93 bits per heavy atom. The summed E-state index contributed by atoms with van der Waals surface area (Å²) in [4.78, 5) is 37.1. The van der Waals surface area contributed by atoms with E-state index in [0.717, 1.165) is 37.1 Å². The number of pyridine rings is 1. The number of rotatable bonds is 15. The average Bonchev–Trinajstić information content (AvgIpc) is 3.58. The minimum Gasteiger partial charge on any atom is -0.481 e. The molecule has 3 atom stereocenters. The highest BCUT2D eigenvalue weighted by Crippen LogP contribution is 2.44. The maximum atomic E-state index is 13.7. The van der Waals surface area contributed by atoms with Crippen molar-refractivity contribution >= 4 is 11.9 Å². The lowest BCUT2D eigenvalue weighted by molar-refractivity contribution is -0.143. The molecule has 2 aliphatic heterocycles. The average molecular weight is 569 g/mol. The Morgan fingerprint density at radius 3 is 2.61 bits per heavy atom. The van der Waals surface area contributed by atoms with Crippen LogP contribution in [-0.4, -0.2) is 101 Å². The number of amides is 1. The largest absolute Gasteiger partial charge is 0.481 e. The molecule has 1 fully saturated rings. The minimum absolute atomic E-state index is 0.0339. The molecule has 0 saturated carbocycles. The number of fused-ring (bicyclic) bond motifs is 1. The number of hydrogen-bond acceptors (Lipinski definition) is 8. The predicted molar refractivity (Wildman–Crippen MR) is 155 cm³/mol. The van der Waals surface area contributed by atoms with Gasteiger partial charge in [0, 0.05) is 49.0 Å². The summed E-state index contributed by atoms with van der Waals surface area (Å²) in [7, 11) is 4.05. The Kier molecular flexibility index (Phi) is 11.0. The number of nitrogens with zero attached hydrogens (tertiary/aromatic N) is 4. The second-order valence-electron chi connectivity index (χ2n) is 11.3. The first-order chi connectivity index (χ1) is 19.8. The van der Waals surface area contributed by atoms with Crippen molar-refractivity contribution in [3.8, 4) is 11.5 Å². The molecule has 0 bridgehead atoms. The molecule has 1 aromatic carbocycles. The number of carboxylic acids is 1. The zero-order valence-electron chi connectivity index (χ0n) is 24.5. The molecule has 224 valence electrons. The van der Waals surface area contributed by atoms with Crippen LogP contribution >= 0.6 is 0 Å². The molecule has 1 amide bonds. The van der Waals surface area contributed by atoms with E-state index in [1.807, 2.05) is 49.3 Å². The van der Waals surface area contributed by atoms with Gasteiger partial charge in [0.1, 0.15) is 0 Å². The van der Waals surface area contributed by atoms with E-state index < -0.39 is 11.9 Å². The summed E-state index contributed by atoms with van der Waals surface area (Å²) >= 11 is 0. The number of carbonyl (C=O) groups is 2. The van der Waals surface area contributed by atoms with Crippen LogP contribution in [0.3, 0.4) is 0 Å². The number of hydrogen-bond donors (Lipinski definition) is 2. The number of aromatic nitrogens is 1. The molecule has 10 nitrogen and oxygen atoms in total. The molecule has 1 aromatic heterocycles. The number of carboxylic acid groups (broad SMARTS) is 1. The number of aliphatic carboxylic acids is 1. The molecule has 2 aliphatic rings. The fourth-order valence-corrected chi connectivity index (χ4v) is 6.03. The molecule has 10 heteroatoms. The van der Waals surface area contributed by atoms with Gasteiger partial charge in [-0.25, -0.2) is 0 Å². The van der Waals surface area contributed by atoms with E-state index in [-0.39, 0.29) is 37.8 Å². The number of aliphatic hydroxyl groups excluding tert-OH is 1. The molecule has 4 rings (SSSR count). The van der Waals surface area contributed by atoms with Crippen LogP contribution in [0.2, 0.25) is 0 Å². The van der Waals surface area contributed by atoms with Gasteiger partial charge in [-0.1, -0.05) is 19.4 Å². The zero-order chi connectivity index (χ0) is 29.4. The van der Waals surface area contributed by atoms with Gasteiger partial charge in [0.15, 0.2) is 11.5 Å². The quantitative estimate of drug-likeness (QED) is 0.335. The number of aliphatic hydroxyl groups is 1. The molecular formula is C31H44N4O6. The molecule has 2 aromatic rings. The minimum atomic E-state index is -0.895. The first-order valence-corrected chi connectivity index (χ1v) is 14.6. The Morgan fingerprint density at radius 1 is 1.12 bits per heavy atom. The van der Waals surface area contributed by atoms with Crippen LogP contribution in [0.1, 0.15) is 55.3 Å². The van der Waals surface area contributed by atoms with Crippen molar-refractivity contribution in [2.75, 3.05) is 53.6 Å². The van der Waals surface area contributed by atoms with E-state index in [2.05, 4.69) is 21.7 Å². The molecule has 3 heterocycles. The van der Waals surface area contributed by atoms with Gasteiger partial charge < -0.3 is 29.5 Å². The molecule has 0 spiro atoms. The van der Waals surface area contributed by atoms with Gasteiger partial charge in [-0.05, 0) is 76.2 Å². The molecule has 1 saturated heterocycles. The lowest BCUT2D eigenvalue weighted by atomic mass is 9.83. The third kappa shape index (κ3) is 7.75. The highest BCUT2D eigenvalue weighted by molar-refractivity contribution is 5.79. The second kappa shape index (κ2) is 14.6. The smallest absolute Gasteiger partial charge is 0.308 e. The van der Waals surface area contributed by atoms with Crippen LogP contribution in [-0.2, 0) is 22.6 Å². The monoisotopic (exact) mass is 568 g/mol. The topological polar surface area (TPSA) is 116 Å². The molecule has 0 radical (unpaired) electrons. The van der Waals surface area contributed by atoms with E-state index in [9.17, 15) is 19.8 Å². The van der Waals surface area contributed by atoms with Crippen molar-refractivity contribution in [1.82, 2.24) is 19.7 Å². The van der Waals surface area contributed by atoms with Gasteiger partial charge in [-0.2, -0.15) is 0 Å². The van der Waals surface area contributed by atoms with Crippen molar-refractivity contribution in [2.45, 2.75) is 57.6 Å². The van der Waals surface area contributed by atoms with E-state index in [0.29, 0.717) is 49.5 Å². The van der Waals surface area contributed by atoms with Crippen LogP contribution < -0.4 is 9.47 Å². The Hall–Kier alpha value is -3.21. The summed E-state index contributed by atoms with van der Waals surface area (Å²) in [6.45, 7) is 4.79. The highest BCUT2D eigenvalue weighted by Gasteiger charge is 2.47. The van der Waals surface area contributed by atoms with Crippen LogP contribution in [0, 0.1) is 5.92 Å². The van der Waals surface area contributed by atoms with Crippen molar-refractivity contribution in [1.29, 1.82) is 0 Å². The van der Waals surface area contributed by atoms with Gasteiger partial charge in [-0.15, -0.1) is 0 Å². The number of carbonyl (C=O) groups excluding carboxylic acids is 1. The maximum absolute atomic E-state index is 13.7. The third-order valence-electron chi connectivity index (χ3n) is 8.13. The van der Waals surface area contributed by atoms with Crippen molar-refractivity contribution in [2.24, 2.45) is 5.92 Å². The maximum Gasteiger partial charge on any atom is 0.308 e. The number of aryl methyl sites for hydroxylation is 1. The first kappa shape index (κ1) is 30.7. The second-order valence-corrected chi connectivity index (χ2v) is 11.3. The Bertz CT molecular complexity index is 1160. The van der Waals surface area contributed by atoms with E-state index in [1.54, 1.807) is 6.20 Å². The summed E-state index contributed by atoms with van der Waals surface area (Å²) in [6, 6.07) is 9.03. The molecule has 0 unspecified atom stereocenters. The number of unbranched alkanes of at least 4 members (excludes halogenated alkanes) is 1. The lowest BCUT2D eigenvalue weighted by Crippen LogP contribution is -2.45. The van der Waals surface area contributed by atoms with Crippen molar-refractivity contribution < 1.29 is 29.3 Å². The number of ether oxygens (including phenoxy) is 2. The molecule has 2 N–H and O–H groups in total. The fourth-order valence-electron chi connectivity index (χ4n) is 6.03. The zero-order valence-corrected chi connectivity index (χ0v) is 24.5. The molecule has 41 heavy (non-hydrogen) atoms. The number of benzene rings is 1. The van der Waals surface area contributed by atoms with E-state index in [4.69, 9.17) is 9.47 Å². The summed E-state index contributed by atoms with van der Waals surface area (Å²) < 4.78 is 11.1. The first-order valence-electron chi connectivity index (χ1n) is 14.6. The highest BCUT2D eigenvalue weighted by atomic mass is 16.7. The fraction of sp³-hybridized carbons (Fsp3) is 0.581. The summed E-state index contributed by atoms with van der Waals surface area (Å²) in [6.07, 6.45) is 5.72. The lowest BCUT2D eigenvalue weighted by Gasteiger charge is -2.30. The predicted octanol–water partition coefficient (Wildman–Crippen LogP) is 2.98. The van der Waals surface area contributed by atoms with Crippen LogP contribution in [0.15, 0.2) is 36.5 Å². The van der Waals surface area contributed by atoms with E-state index >= 15 is 0 Å². The van der Waals surface area contributed by atoms with Crippen molar-refractivity contribution in [3.05, 3.63) is 53.3 Å². The standard InChI is InChI=1S/C31H44N4O6/c1-4-5-14-34(15-8-13-33(2)3)28(37)19-35-18-25(22-16-23(20-36)30-27(17-22)40-21-41-30)29(31(38)39)26(35)11-10-24-9-6-7-12-32-24/h6-7,9,12,16-17,25-26,29,36H,4-5,8,10-11,13-15,18-21H2,1-3H3,(H,38,39)/t25-,26+,29-/m1/s1. The summed E-state index contributed by atoms with van der Waals surface area (Å²) in [5, 5.41) is 20.5. The van der Waals surface area contributed by atoms with Crippen molar-refractivity contribution in [3.63, 3.8) is 0 Å². The summed E-state index contributed by atoms with van der Waals surface area (Å²) in [5.41, 5.74) is 2.24. The molecule has 0 aliphatic carbocycles. The summed E-state index contributed by atoms with van der Waals surface area (Å²) in [5.74, 6) is -0.964. The SMILES string of the molecule is CCCCN(CCCN(C)C)C(=O)CN1C[C@H](c2cc(CO)c3c(c2)OCO3)[C@@H](C(=O)O)[C@@H]1CCc1ccccn1. The van der Waals surface area contributed by atoms with Gasteiger partial charge in [0.05, 0.1) is 19.1 Å². The van der Waals surface area contributed by atoms with Gasteiger partial charge in [-0.3, -0.25) is 19.5 Å². The van der Waals surface area contributed by atoms with Gasteiger partial charge >= 0.3 is 5.97 Å². The van der Waals surface area contributed by atoms with Crippen LogP contribution in [0.25, 0.3) is 0 Å². The Balaban J connectivity index is 1.61. The van der Waals surface area contributed by atoms with Gasteiger partial charge in [0.25, 0.3) is 0 Å². The third-order valence-corrected chi connectivity index (χ3v) is 8.13. The van der Waals surface area contributed by atoms with E-state index in [1.165, 1.54) is 0 Å². The number of likely N-dealkylation sites (tertiary alicyclic amines) is 1. The normalized spacial score (nSPS) is 20.1. The van der Waals surface area contributed by atoms with Crippen LogP contribution in [0.4, 0.5) is 0 Å². The molecular weight excluding hydrogens is 524 g/mol.